The van der Waals surface area contributed by atoms with E-state index in [1.807, 2.05) is 30.0 Å². The zero-order valence-electron chi connectivity index (χ0n) is 18.7. The number of ether oxygens (including phenoxy) is 1. The Kier molecular flexibility index (Phi) is 5.61. The fraction of sp³-hybridized carbons (Fsp3) is 0.440. The number of rotatable bonds is 3. The molecule has 3 aliphatic rings. The molecule has 2 atom stereocenters. The number of benzene rings is 2. The molecule has 0 spiro atoms. The van der Waals surface area contributed by atoms with E-state index >= 15 is 0 Å². The first-order chi connectivity index (χ1) is 15.5. The molecule has 1 N–H and O–H groups in total. The molecule has 2 fully saturated rings. The highest BCUT2D eigenvalue weighted by atomic mass is 16.5. The van der Waals surface area contributed by atoms with Crippen LogP contribution in [0.3, 0.4) is 0 Å². The van der Waals surface area contributed by atoms with Gasteiger partial charge in [0.2, 0.25) is 5.91 Å². The van der Waals surface area contributed by atoms with Crippen molar-refractivity contribution in [2.24, 2.45) is 0 Å². The van der Waals surface area contributed by atoms with E-state index in [0.717, 1.165) is 60.5 Å². The van der Waals surface area contributed by atoms with E-state index in [-0.39, 0.29) is 17.9 Å². The van der Waals surface area contributed by atoms with Crippen LogP contribution < -0.4 is 20.2 Å². The second kappa shape index (κ2) is 8.56. The third-order valence-electron chi connectivity index (χ3n) is 6.58. The van der Waals surface area contributed by atoms with Crippen LogP contribution in [0.4, 0.5) is 17.1 Å². The summed E-state index contributed by atoms with van der Waals surface area (Å²) in [5.74, 6) is -0.0243. The van der Waals surface area contributed by atoms with Gasteiger partial charge in [-0.1, -0.05) is 18.2 Å². The van der Waals surface area contributed by atoms with Gasteiger partial charge in [-0.25, -0.2) is 5.43 Å². The fourth-order valence-corrected chi connectivity index (χ4v) is 5.04. The molecule has 168 valence electrons. The van der Waals surface area contributed by atoms with Crippen molar-refractivity contribution in [3.63, 3.8) is 0 Å². The van der Waals surface area contributed by atoms with Crippen LogP contribution >= 0.6 is 0 Å². The van der Waals surface area contributed by atoms with Crippen LogP contribution in [0.5, 0.6) is 0 Å². The van der Waals surface area contributed by atoms with Crippen molar-refractivity contribution < 1.29 is 14.3 Å². The Morgan fingerprint density at radius 3 is 2.62 bits per heavy atom. The first-order valence-electron chi connectivity index (χ1n) is 11.5. The summed E-state index contributed by atoms with van der Waals surface area (Å²) in [6.07, 6.45) is 2.39. The standard InChI is InChI=1S/C25H30N4O3/c1-17-16-27(25(31)24-8-4-13-32-24)23-15-20(9-10-22(23)29(17)18(2)30)19-6-3-7-21(14-19)28-12-5-11-26-28/h3,6-7,9-10,14-15,17,24,26H,4-5,8,11-13,16H2,1-2H3/t17-,24?/m0/s1. The lowest BCUT2D eigenvalue weighted by Crippen LogP contribution is -2.53. The monoisotopic (exact) mass is 434 g/mol. The minimum absolute atomic E-state index is 0.00836. The maximum absolute atomic E-state index is 13.3. The Labute approximate surface area is 188 Å². The number of amides is 2. The zero-order valence-corrected chi connectivity index (χ0v) is 18.7. The van der Waals surface area contributed by atoms with Gasteiger partial charge in [-0.05, 0) is 61.6 Å². The maximum Gasteiger partial charge on any atom is 0.256 e. The Morgan fingerprint density at radius 2 is 1.91 bits per heavy atom. The van der Waals surface area contributed by atoms with Gasteiger partial charge in [-0.2, -0.15) is 0 Å². The second-order valence-electron chi connectivity index (χ2n) is 8.86. The number of carbonyl (C=O) groups excluding carboxylic acids is 2. The van der Waals surface area contributed by atoms with Crippen molar-refractivity contribution in [1.29, 1.82) is 0 Å². The zero-order chi connectivity index (χ0) is 22.2. The molecule has 2 aromatic rings. The van der Waals surface area contributed by atoms with E-state index in [2.05, 4.69) is 34.7 Å². The lowest BCUT2D eigenvalue weighted by atomic mass is 9.99. The molecule has 3 heterocycles. The molecule has 3 aliphatic heterocycles. The van der Waals surface area contributed by atoms with Crippen LogP contribution in [0.2, 0.25) is 0 Å². The molecule has 0 aromatic heterocycles. The molecule has 2 saturated heterocycles. The van der Waals surface area contributed by atoms with Crippen LogP contribution in [0.25, 0.3) is 11.1 Å². The molecule has 32 heavy (non-hydrogen) atoms. The van der Waals surface area contributed by atoms with Gasteiger partial charge in [0.05, 0.1) is 23.1 Å². The number of fused-ring (bicyclic) bond motifs is 1. The first-order valence-corrected chi connectivity index (χ1v) is 11.5. The van der Waals surface area contributed by atoms with Gasteiger partial charge >= 0.3 is 0 Å². The number of nitrogens with zero attached hydrogens (tertiary/aromatic N) is 3. The highest BCUT2D eigenvalue weighted by Crippen LogP contribution is 2.40. The minimum atomic E-state index is -0.396. The molecule has 1 unspecified atom stereocenters. The third kappa shape index (κ3) is 3.76. The third-order valence-corrected chi connectivity index (χ3v) is 6.58. The van der Waals surface area contributed by atoms with Crippen LogP contribution in [-0.4, -0.2) is 50.2 Å². The molecular formula is C25H30N4O3. The summed E-state index contributed by atoms with van der Waals surface area (Å²) in [4.78, 5) is 29.4. The van der Waals surface area contributed by atoms with Gasteiger partial charge in [0.15, 0.2) is 0 Å². The molecular weight excluding hydrogens is 404 g/mol. The van der Waals surface area contributed by atoms with E-state index in [1.54, 1.807) is 11.8 Å². The summed E-state index contributed by atoms with van der Waals surface area (Å²) in [6, 6.07) is 14.4. The largest absolute Gasteiger partial charge is 0.368 e. The number of carbonyl (C=O) groups is 2. The van der Waals surface area contributed by atoms with Crippen molar-refractivity contribution in [3.8, 4) is 11.1 Å². The average molecular weight is 435 g/mol. The summed E-state index contributed by atoms with van der Waals surface area (Å²) in [5, 5.41) is 2.17. The van der Waals surface area contributed by atoms with Gasteiger partial charge < -0.3 is 19.5 Å². The van der Waals surface area contributed by atoms with Crippen molar-refractivity contribution in [3.05, 3.63) is 42.5 Å². The number of anilines is 3. The van der Waals surface area contributed by atoms with Crippen LogP contribution in [0.15, 0.2) is 42.5 Å². The molecule has 0 saturated carbocycles. The SMILES string of the molecule is CC(=O)N1c2ccc(-c3cccc(N4CCCN4)c3)cc2N(C(=O)C2CCCO2)C[C@@H]1C. The van der Waals surface area contributed by atoms with Crippen molar-refractivity contribution >= 4 is 28.9 Å². The number of hydrazine groups is 1. The van der Waals surface area contributed by atoms with Crippen molar-refractivity contribution in [1.82, 2.24) is 5.43 Å². The first kappa shape index (κ1) is 21.0. The number of hydrogen-bond acceptors (Lipinski definition) is 5. The Hall–Kier alpha value is -2.90. The smallest absolute Gasteiger partial charge is 0.256 e. The molecule has 7 heteroatoms. The molecule has 0 radical (unpaired) electrons. The van der Waals surface area contributed by atoms with E-state index in [1.165, 1.54) is 0 Å². The molecule has 0 bridgehead atoms. The van der Waals surface area contributed by atoms with Crippen LogP contribution in [0, 0.1) is 0 Å². The Morgan fingerprint density at radius 1 is 1.06 bits per heavy atom. The van der Waals surface area contributed by atoms with Crippen molar-refractivity contribution in [2.45, 2.75) is 45.3 Å². The van der Waals surface area contributed by atoms with Gasteiger partial charge in [-0.3, -0.25) is 9.59 Å². The predicted molar refractivity (Wildman–Crippen MR) is 126 cm³/mol. The van der Waals surface area contributed by atoms with E-state index < -0.39 is 6.10 Å². The van der Waals surface area contributed by atoms with Gasteiger partial charge in [0, 0.05) is 33.2 Å². The average Bonchev–Trinajstić information content (AvgIpc) is 3.52. The highest BCUT2D eigenvalue weighted by Gasteiger charge is 2.37. The van der Waals surface area contributed by atoms with E-state index in [9.17, 15) is 9.59 Å². The second-order valence-corrected chi connectivity index (χ2v) is 8.86. The quantitative estimate of drug-likeness (QED) is 0.803. The number of nitrogens with one attached hydrogen (secondary N) is 1. The van der Waals surface area contributed by atoms with Gasteiger partial charge in [0.25, 0.3) is 5.91 Å². The van der Waals surface area contributed by atoms with Crippen LogP contribution in [-0.2, 0) is 14.3 Å². The topological polar surface area (TPSA) is 65.1 Å². The highest BCUT2D eigenvalue weighted by molar-refractivity contribution is 6.06. The van der Waals surface area contributed by atoms with Crippen LogP contribution in [0.1, 0.15) is 33.1 Å². The van der Waals surface area contributed by atoms with E-state index in [4.69, 9.17) is 4.74 Å². The summed E-state index contributed by atoms with van der Waals surface area (Å²) >= 11 is 0. The molecule has 0 aliphatic carbocycles. The molecule has 5 rings (SSSR count). The fourth-order valence-electron chi connectivity index (χ4n) is 5.04. The summed E-state index contributed by atoms with van der Waals surface area (Å²) in [5.41, 5.74) is 8.19. The normalized spacial score (nSPS) is 22.9. The summed E-state index contributed by atoms with van der Waals surface area (Å²) in [6.45, 7) is 6.64. The summed E-state index contributed by atoms with van der Waals surface area (Å²) < 4.78 is 5.70. The molecule has 2 amide bonds. The van der Waals surface area contributed by atoms with Gasteiger partial charge in [0.1, 0.15) is 6.10 Å². The lowest BCUT2D eigenvalue weighted by Gasteiger charge is -2.41. The van der Waals surface area contributed by atoms with E-state index in [0.29, 0.717) is 13.2 Å². The van der Waals surface area contributed by atoms with Gasteiger partial charge in [-0.15, -0.1) is 0 Å². The lowest BCUT2D eigenvalue weighted by molar-refractivity contribution is -0.127. The predicted octanol–water partition coefficient (Wildman–Crippen LogP) is 3.34. The minimum Gasteiger partial charge on any atom is -0.368 e. The molecule has 7 nitrogen and oxygen atoms in total. The number of hydrogen-bond donors (Lipinski definition) is 1. The Balaban J connectivity index is 1.55. The maximum atomic E-state index is 13.3. The van der Waals surface area contributed by atoms with Crippen molar-refractivity contribution in [2.75, 3.05) is 41.0 Å². The molecule has 2 aromatic carbocycles. The summed E-state index contributed by atoms with van der Waals surface area (Å²) in [7, 11) is 0. The Bertz CT molecular complexity index is 1030.